The Morgan fingerprint density at radius 2 is 2.06 bits per heavy atom. The van der Waals surface area contributed by atoms with Gasteiger partial charge >= 0.3 is 0 Å². The molecular formula is C13H25N3O. The molecule has 1 amide bonds. The molecule has 0 aliphatic rings. The molecule has 0 bridgehead atoms. The smallest absolute Gasteiger partial charge is 0.226 e. The second kappa shape index (κ2) is 7.29. The van der Waals surface area contributed by atoms with Crippen molar-refractivity contribution in [2.75, 3.05) is 19.6 Å². The summed E-state index contributed by atoms with van der Waals surface area (Å²) in [5.41, 5.74) is 5.78. The van der Waals surface area contributed by atoms with Gasteiger partial charge in [0.2, 0.25) is 5.91 Å². The number of nitriles is 1. The van der Waals surface area contributed by atoms with E-state index in [0.717, 1.165) is 6.42 Å². The Balaban J connectivity index is 4.55. The lowest BCUT2D eigenvalue weighted by Crippen LogP contribution is -2.41. The first kappa shape index (κ1) is 15.9. The van der Waals surface area contributed by atoms with Crippen LogP contribution in [-0.4, -0.2) is 30.4 Å². The van der Waals surface area contributed by atoms with Gasteiger partial charge in [-0.05, 0) is 18.8 Å². The second-order valence-corrected chi connectivity index (χ2v) is 5.52. The Morgan fingerprint density at radius 1 is 1.47 bits per heavy atom. The predicted octanol–water partition coefficient (Wildman–Crippen LogP) is 1.76. The van der Waals surface area contributed by atoms with Gasteiger partial charge in [0.15, 0.2) is 0 Å². The van der Waals surface area contributed by atoms with E-state index in [4.69, 9.17) is 11.0 Å². The Bertz CT molecular complexity index is 275. The SMILES string of the molecule is CCN(CCC#N)C(=O)C(CN)CC(C)(C)C. The molecule has 1 atom stereocenters. The maximum Gasteiger partial charge on any atom is 0.226 e. The van der Waals surface area contributed by atoms with Crippen LogP contribution in [0.5, 0.6) is 0 Å². The highest BCUT2D eigenvalue weighted by Crippen LogP contribution is 2.25. The summed E-state index contributed by atoms with van der Waals surface area (Å²) in [6.07, 6.45) is 1.16. The molecule has 4 heteroatoms. The summed E-state index contributed by atoms with van der Waals surface area (Å²) in [6.45, 7) is 9.77. The molecule has 0 radical (unpaired) electrons. The summed E-state index contributed by atoms with van der Waals surface area (Å²) in [5.74, 6) is -0.0474. The van der Waals surface area contributed by atoms with Crippen LogP contribution in [0.15, 0.2) is 0 Å². The van der Waals surface area contributed by atoms with Crippen LogP contribution in [0, 0.1) is 22.7 Å². The van der Waals surface area contributed by atoms with E-state index >= 15 is 0 Å². The van der Waals surface area contributed by atoms with Gasteiger partial charge in [-0.15, -0.1) is 0 Å². The molecule has 0 aliphatic heterocycles. The number of nitrogens with two attached hydrogens (primary N) is 1. The maximum absolute atomic E-state index is 12.2. The van der Waals surface area contributed by atoms with Crippen molar-refractivity contribution in [1.29, 1.82) is 5.26 Å². The van der Waals surface area contributed by atoms with E-state index in [1.807, 2.05) is 6.92 Å². The number of carbonyl (C=O) groups is 1. The van der Waals surface area contributed by atoms with E-state index in [0.29, 0.717) is 26.1 Å². The van der Waals surface area contributed by atoms with E-state index < -0.39 is 0 Å². The lowest BCUT2D eigenvalue weighted by molar-refractivity contribution is -0.135. The highest BCUT2D eigenvalue weighted by Gasteiger charge is 2.26. The van der Waals surface area contributed by atoms with Gasteiger partial charge in [-0.2, -0.15) is 5.26 Å². The molecule has 0 saturated heterocycles. The normalized spacial score (nSPS) is 12.9. The van der Waals surface area contributed by atoms with Crippen molar-refractivity contribution in [3.63, 3.8) is 0 Å². The first-order valence-corrected chi connectivity index (χ1v) is 6.21. The zero-order valence-electron chi connectivity index (χ0n) is 11.5. The zero-order chi connectivity index (χ0) is 13.5. The first-order chi connectivity index (χ1) is 7.85. The number of hydrogen-bond acceptors (Lipinski definition) is 3. The fourth-order valence-electron chi connectivity index (χ4n) is 1.88. The summed E-state index contributed by atoms with van der Waals surface area (Å²) in [5, 5.41) is 8.56. The Morgan fingerprint density at radius 3 is 2.41 bits per heavy atom. The van der Waals surface area contributed by atoms with Gasteiger partial charge in [-0.3, -0.25) is 4.79 Å². The summed E-state index contributed by atoms with van der Waals surface area (Å²) < 4.78 is 0. The summed E-state index contributed by atoms with van der Waals surface area (Å²) >= 11 is 0. The molecule has 0 spiro atoms. The molecular weight excluding hydrogens is 214 g/mol. The third-order valence-corrected chi connectivity index (χ3v) is 2.68. The molecule has 0 heterocycles. The highest BCUT2D eigenvalue weighted by molar-refractivity contribution is 5.79. The van der Waals surface area contributed by atoms with Gasteiger partial charge in [0.1, 0.15) is 0 Å². The number of rotatable bonds is 6. The van der Waals surface area contributed by atoms with Crippen molar-refractivity contribution in [1.82, 2.24) is 4.90 Å². The molecule has 1 unspecified atom stereocenters. The van der Waals surface area contributed by atoms with E-state index in [9.17, 15) is 4.79 Å². The molecule has 0 rings (SSSR count). The van der Waals surface area contributed by atoms with E-state index in [-0.39, 0.29) is 17.2 Å². The van der Waals surface area contributed by atoms with Crippen molar-refractivity contribution in [3.8, 4) is 6.07 Å². The average Bonchev–Trinajstić information content (AvgIpc) is 2.25. The number of nitrogens with zero attached hydrogens (tertiary/aromatic N) is 2. The molecule has 4 nitrogen and oxygen atoms in total. The zero-order valence-corrected chi connectivity index (χ0v) is 11.5. The minimum atomic E-state index is -0.131. The molecule has 2 N–H and O–H groups in total. The van der Waals surface area contributed by atoms with Gasteiger partial charge in [0.25, 0.3) is 0 Å². The lowest BCUT2D eigenvalue weighted by atomic mass is 9.84. The van der Waals surface area contributed by atoms with Gasteiger partial charge in [0, 0.05) is 19.6 Å². The van der Waals surface area contributed by atoms with Gasteiger partial charge < -0.3 is 10.6 Å². The largest absolute Gasteiger partial charge is 0.342 e. The van der Waals surface area contributed by atoms with Gasteiger partial charge in [-0.1, -0.05) is 20.8 Å². The minimum Gasteiger partial charge on any atom is -0.342 e. The van der Waals surface area contributed by atoms with Crippen LogP contribution in [0.2, 0.25) is 0 Å². The molecule has 0 aromatic carbocycles. The highest BCUT2D eigenvalue weighted by atomic mass is 16.2. The van der Waals surface area contributed by atoms with Crippen molar-refractivity contribution in [2.45, 2.75) is 40.5 Å². The summed E-state index contributed by atoms with van der Waals surface area (Å²) in [7, 11) is 0. The molecule has 0 aliphatic carbocycles. The third-order valence-electron chi connectivity index (χ3n) is 2.68. The summed E-state index contributed by atoms with van der Waals surface area (Å²) in [6, 6.07) is 2.07. The standard InChI is InChI=1S/C13H25N3O/c1-5-16(8-6-7-14)12(17)11(10-15)9-13(2,3)4/h11H,5-6,8-10,15H2,1-4H3. The average molecular weight is 239 g/mol. The van der Waals surface area contributed by atoms with E-state index in [1.54, 1.807) is 4.90 Å². The Kier molecular flexibility index (Phi) is 6.82. The van der Waals surface area contributed by atoms with Crippen molar-refractivity contribution in [3.05, 3.63) is 0 Å². The van der Waals surface area contributed by atoms with Crippen molar-refractivity contribution in [2.24, 2.45) is 17.1 Å². The molecule has 0 saturated carbocycles. The molecule has 17 heavy (non-hydrogen) atoms. The fourth-order valence-corrected chi connectivity index (χ4v) is 1.88. The molecule has 98 valence electrons. The third kappa shape index (κ3) is 6.28. The van der Waals surface area contributed by atoms with Crippen LogP contribution in [0.4, 0.5) is 0 Å². The van der Waals surface area contributed by atoms with Crippen LogP contribution < -0.4 is 5.73 Å². The monoisotopic (exact) mass is 239 g/mol. The van der Waals surface area contributed by atoms with E-state index in [2.05, 4.69) is 26.8 Å². The Hall–Kier alpha value is -1.08. The van der Waals surface area contributed by atoms with Gasteiger partial charge in [0.05, 0.1) is 18.4 Å². The topological polar surface area (TPSA) is 70.1 Å². The van der Waals surface area contributed by atoms with Crippen LogP contribution >= 0.6 is 0 Å². The lowest BCUT2D eigenvalue weighted by Gasteiger charge is -2.29. The Labute approximate surface area is 105 Å². The molecule has 0 fully saturated rings. The molecule has 0 aromatic heterocycles. The van der Waals surface area contributed by atoms with Crippen molar-refractivity contribution < 1.29 is 4.79 Å². The summed E-state index contributed by atoms with van der Waals surface area (Å²) in [4.78, 5) is 14.0. The van der Waals surface area contributed by atoms with Crippen LogP contribution in [-0.2, 0) is 4.79 Å². The molecule has 0 aromatic rings. The number of amides is 1. The van der Waals surface area contributed by atoms with E-state index in [1.165, 1.54) is 0 Å². The fraction of sp³-hybridized carbons (Fsp3) is 0.846. The number of hydrogen-bond donors (Lipinski definition) is 1. The number of carbonyl (C=O) groups excluding carboxylic acids is 1. The van der Waals surface area contributed by atoms with Crippen LogP contribution in [0.3, 0.4) is 0 Å². The quantitative estimate of drug-likeness (QED) is 0.767. The minimum absolute atomic E-state index is 0.0835. The first-order valence-electron chi connectivity index (χ1n) is 6.21. The maximum atomic E-state index is 12.2. The predicted molar refractivity (Wildman–Crippen MR) is 69.1 cm³/mol. The second-order valence-electron chi connectivity index (χ2n) is 5.52. The van der Waals surface area contributed by atoms with Crippen LogP contribution in [0.25, 0.3) is 0 Å². The van der Waals surface area contributed by atoms with Crippen LogP contribution in [0.1, 0.15) is 40.5 Å². The van der Waals surface area contributed by atoms with Gasteiger partial charge in [-0.25, -0.2) is 0 Å². The van der Waals surface area contributed by atoms with Crippen molar-refractivity contribution >= 4 is 5.91 Å².